The lowest BCUT2D eigenvalue weighted by atomic mass is 10.0. The molecule has 43 heavy (non-hydrogen) atoms. The summed E-state index contributed by atoms with van der Waals surface area (Å²) in [6.45, 7) is 3.79. The molecule has 0 aliphatic heterocycles. The highest BCUT2D eigenvalue weighted by molar-refractivity contribution is 5.78. The number of oxazole rings is 1. The molecule has 0 aliphatic rings. The summed E-state index contributed by atoms with van der Waals surface area (Å²) in [5, 5.41) is 9.32. The second-order valence-corrected chi connectivity index (χ2v) is 10.4. The molecule has 4 rings (SSSR count). The van der Waals surface area contributed by atoms with Gasteiger partial charge < -0.3 is 19.0 Å². The highest BCUT2D eigenvalue weighted by atomic mass is 16.6. The molecule has 8 heteroatoms. The summed E-state index contributed by atoms with van der Waals surface area (Å²) >= 11 is 0. The van der Waals surface area contributed by atoms with E-state index in [1.54, 1.807) is 31.4 Å². The van der Waals surface area contributed by atoms with Gasteiger partial charge in [0.2, 0.25) is 5.89 Å². The van der Waals surface area contributed by atoms with Crippen LogP contribution in [0.3, 0.4) is 0 Å². The standard InChI is InChI=1S/C35H38N2O6/c1-25(10-8-14-32-26(2)42-34(36-32)29-12-5-4-6-13-29)9-7-11-27-15-17-28(18-16-27)23-37(24-33(38)39)35(40)43-31-21-19-30(41-3)20-22-31/h4-6,9,12-13,15-22H,7-8,10-11,14,23-24H2,1-3H3,(H,38,39)/b25-9+. The first-order valence-electron chi connectivity index (χ1n) is 14.4. The Morgan fingerprint density at radius 2 is 1.60 bits per heavy atom. The molecule has 1 N–H and O–H groups in total. The van der Waals surface area contributed by atoms with Crippen molar-refractivity contribution in [2.24, 2.45) is 0 Å². The van der Waals surface area contributed by atoms with E-state index in [4.69, 9.17) is 18.9 Å². The molecule has 4 aromatic rings. The molecule has 0 saturated carbocycles. The number of carboxylic acid groups (broad SMARTS) is 1. The lowest BCUT2D eigenvalue weighted by Crippen LogP contribution is -2.37. The van der Waals surface area contributed by atoms with Crippen molar-refractivity contribution < 1.29 is 28.6 Å². The topological polar surface area (TPSA) is 102 Å². The number of amides is 1. The lowest BCUT2D eigenvalue weighted by molar-refractivity contribution is -0.138. The molecule has 0 aliphatic carbocycles. The second kappa shape index (κ2) is 15.4. The van der Waals surface area contributed by atoms with E-state index in [1.165, 1.54) is 11.1 Å². The first-order chi connectivity index (χ1) is 20.8. The third-order valence-corrected chi connectivity index (χ3v) is 7.07. The van der Waals surface area contributed by atoms with Gasteiger partial charge in [-0.25, -0.2) is 9.78 Å². The zero-order chi connectivity index (χ0) is 30.6. The number of nitrogens with zero attached hydrogens (tertiary/aromatic N) is 2. The summed E-state index contributed by atoms with van der Waals surface area (Å²) < 4.78 is 16.4. The zero-order valence-corrected chi connectivity index (χ0v) is 24.9. The lowest BCUT2D eigenvalue weighted by Gasteiger charge is -2.20. The van der Waals surface area contributed by atoms with Crippen LogP contribution in [0.4, 0.5) is 4.79 Å². The Morgan fingerprint density at radius 1 is 0.930 bits per heavy atom. The van der Waals surface area contributed by atoms with E-state index >= 15 is 0 Å². The summed E-state index contributed by atoms with van der Waals surface area (Å²) in [6, 6.07) is 24.4. The number of rotatable bonds is 14. The van der Waals surface area contributed by atoms with Crippen molar-refractivity contribution in [1.29, 1.82) is 0 Å². The number of carbonyl (C=O) groups is 2. The summed E-state index contributed by atoms with van der Waals surface area (Å²) in [5.41, 5.74) is 5.35. The fourth-order valence-electron chi connectivity index (χ4n) is 4.68. The van der Waals surface area contributed by atoms with Crippen LogP contribution in [0.2, 0.25) is 0 Å². The van der Waals surface area contributed by atoms with Gasteiger partial charge in [0.15, 0.2) is 0 Å². The van der Waals surface area contributed by atoms with Crippen LogP contribution in [-0.2, 0) is 24.2 Å². The molecule has 1 amide bonds. The summed E-state index contributed by atoms with van der Waals surface area (Å²) in [5.74, 6) is 1.38. The van der Waals surface area contributed by atoms with Crippen LogP contribution in [0.25, 0.3) is 11.5 Å². The summed E-state index contributed by atoms with van der Waals surface area (Å²) in [7, 11) is 1.55. The monoisotopic (exact) mass is 582 g/mol. The Balaban J connectivity index is 1.23. The van der Waals surface area contributed by atoms with Gasteiger partial charge in [-0.1, -0.05) is 54.1 Å². The third kappa shape index (κ3) is 9.60. The van der Waals surface area contributed by atoms with E-state index in [-0.39, 0.29) is 6.54 Å². The molecule has 224 valence electrons. The Bertz CT molecular complexity index is 1510. The van der Waals surface area contributed by atoms with Crippen LogP contribution in [-0.4, -0.2) is 40.7 Å². The van der Waals surface area contributed by atoms with E-state index in [0.717, 1.165) is 59.6 Å². The predicted octanol–water partition coefficient (Wildman–Crippen LogP) is 7.65. The Hall–Kier alpha value is -4.85. The van der Waals surface area contributed by atoms with Gasteiger partial charge in [0.25, 0.3) is 0 Å². The molecule has 3 aromatic carbocycles. The molecule has 0 spiro atoms. The minimum absolute atomic E-state index is 0.123. The minimum Gasteiger partial charge on any atom is -0.497 e. The fraction of sp³-hybridized carbons (Fsp3) is 0.286. The molecule has 1 heterocycles. The number of hydrogen-bond donors (Lipinski definition) is 1. The highest BCUT2D eigenvalue weighted by Gasteiger charge is 2.19. The van der Waals surface area contributed by atoms with Crippen LogP contribution in [0.5, 0.6) is 11.5 Å². The van der Waals surface area contributed by atoms with E-state index in [9.17, 15) is 14.7 Å². The van der Waals surface area contributed by atoms with Gasteiger partial charge in [0, 0.05) is 12.1 Å². The molecule has 0 fully saturated rings. The first kappa shape index (κ1) is 31.1. The molecule has 8 nitrogen and oxygen atoms in total. The van der Waals surface area contributed by atoms with Crippen LogP contribution in [0.15, 0.2) is 94.9 Å². The fourth-order valence-corrected chi connectivity index (χ4v) is 4.68. The van der Waals surface area contributed by atoms with Crippen LogP contribution in [0, 0.1) is 6.92 Å². The van der Waals surface area contributed by atoms with Gasteiger partial charge in [-0.2, -0.15) is 0 Å². The Labute approximate surface area is 252 Å². The number of hydrogen-bond acceptors (Lipinski definition) is 6. The Morgan fingerprint density at radius 3 is 2.28 bits per heavy atom. The van der Waals surface area contributed by atoms with Gasteiger partial charge in [0.1, 0.15) is 23.8 Å². The number of carbonyl (C=O) groups excluding carboxylic acids is 1. The molecule has 1 aromatic heterocycles. The summed E-state index contributed by atoms with van der Waals surface area (Å²) in [4.78, 5) is 30.0. The quantitative estimate of drug-likeness (QED) is 0.152. The second-order valence-electron chi connectivity index (χ2n) is 10.4. The maximum Gasteiger partial charge on any atom is 0.416 e. The largest absolute Gasteiger partial charge is 0.497 e. The third-order valence-electron chi connectivity index (χ3n) is 7.07. The van der Waals surface area contributed by atoms with Gasteiger partial charge in [0.05, 0.1) is 12.8 Å². The maximum atomic E-state index is 12.7. The van der Waals surface area contributed by atoms with E-state index in [2.05, 4.69) is 13.0 Å². The molecule has 0 bridgehead atoms. The number of aliphatic carboxylic acids is 1. The zero-order valence-electron chi connectivity index (χ0n) is 24.9. The van der Waals surface area contributed by atoms with Gasteiger partial charge in [-0.3, -0.25) is 9.69 Å². The number of carboxylic acids is 1. The van der Waals surface area contributed by atoms with Gasteiger partial charge in [-0.15, -0.1) is 0 Å². The molecule has 0 radical (unpaired) electrons. The number of ether oxygens (including phenoxy) is 2. The highest BCUT2D eigenvalue weighted by Crippen LogP contribution is 2.23. The van der Waals surface area contributed by atoms with Gasteiger partial charge >= 0.3 is 12.1 Å². The average Bonchev–Trinajstić information content (AvgIpc) is 3.38. The van der Waals surface area contributed by atoms with Crippen molar-refractivity contribution in [2.45, 2.75) is 52.5 Å². The minimum atomic E-state index is -1.11. The van der Waals surface area contributed by atoms with Crippen molar-refractivity contribution >= 4 is 12.1 Å². The van der Waals surface area contributed by atoms with Crippen molar-refractivity contribution in [1.82, 2.24) is 9.88 Å². The van der Waals surface area contributed by atoms with Crippen molar-refractivity contribution in [3.05, 3.63) is 113 Å². The predicted molar refractivity (Wildman–Crippen MR) is 165 cm³/mol. The summed E-state index contributed by atoms with van der Waals surface area (Å²) in [6.07, 6.45) is 6.24. The van der Waals surface area contributed by atoms with Crippen LogP contribution < -0.4 is 9.47 Å². The Kier molecular flexibility index (Phi) is 11.1. The molecule has 0 saturated heterocycles. The average molecular weight is 583 g/mol. The van der Waals surface area contributed by atoms with E-state index < -0.39 is 18.6 Å². The molecular formula is C35H38N2O6. The molecule has 0 atom stereocenters. The molecule has 0 unspecified atom stereocenters. The number of methoxy groups -OCH3 is 1. The SMILES string of the molecule is COc1ccc(OC(=O)N(CC(=O)O)Cc2ccc(CC/C=C(\C)CCCc3nc(-c4ccccc4)oc3C)cc2)cc1. The number of benzene rings is 3. The maximum absolute atomic E-state index is 12.7. The van der Waals surface area contributed by atoms with Crippen LogP contribution >= 0.6 is 0 Å². The van der Waals surface area contributed by atoms with Crippen molar-refractivity contribution in [3.63, 3.8) is 0 Å². The smallest absolute Gasteiger partial charge is 0.416 e. The molecular weight excluding hydrogens is 544 g/mol. The van der Waals surface area contributed by atoms with Gasteiger partial charge in [-0.05, 0) is 93.5 Å². The van der Waals surface area contributed by atoms with Crippen molar-refractivity contribution in [3.8, 4) is 23.0 Å². The number of aryl methyl sites for hydroxylation is 3. The van der Waals surface area contributed by atoms with Crippen molar-refractivity contribution in [2.75, 3.05) is 13.7 Å². The van der Waals surface area contributed by atoms with E-state index in [0.29, 0.717) is 17.4 Å². The normalized spacial score (nSPS) is 11.3. The van der Waals surface area contributed by atoms with Crippen LogP contribution in [0.1, 0.15) is 48.8 Å². The van der Waals surface area contributed by atoms with E-state index in [1.807, 2.05) is 61.5 Å². The number of allylic oxidation sites excluding steroid dienone is 2. The first-order valence-corrected chi connectivity index (χ1v) is 14.4. The number of aromatic nitrogens is 1.